The van der Waals surface area contributed by atoms with Crippen LogP contribution in [0.2, 0.25) is 0 Å². The number of nitrogens with one attached hydrogen (secondary N) is 1. The second-order valence-electron chi connectivity index (χ2n) is 7.71. The van der Waals surface area contributed by atoms with Gasteiger partial charge in [0, 0.05) is 6.20 Å². The molecule has 1 aromatic carbocycles. The third kappa shape index (κ3) is 3.90. The highest BCUT2D eigenvalue weighted by atomic mass is 32.1. The van der Waals surface area contributed by atoms with Gasteiger partial charge in [-0.05, 0) is 62.4 Å². The van der Waals surface area contributed by atoms with E-state index in [9.17, 15) is 14.7 Å². The standard InChI is InChI=1S/C22H21N3O4S.C2H6/c1-12-11-14(29-13-5-3-2-4-6-13)7-8-15(12)25-16-9-10-23-20-17(16)18(24-22(25)28)19(30-20)21(26)27;1-2/h7-11,13H,2-6H2,1H3,(H,24,28)(H,26,27);1-2H3. The van der Waals surface area contributed by atoms with Gasteiger partial charge in [-0.1, -0.05) is 20.3 Å². The molecule has 2 aliphatic rings. The Labute approximate surface area is 191 Å². The van der Waals surface area contributed by atoms with Gasteiger partial charge >= 0.3 is 12.0 Å². The van der Waals surface area contributed by atoms with Crippen molar-refractivity contribution < 1.29 is 19.4 Å². The lowest BCUT2D eigenvalue weighted by atomic mass is 9.98. The van der Waals surface area contributed by atoms with Crippen molar-refractivity contribution in [3.8, 4) is 5.75 Å². The quantitative estimate of drug-likeness (QED) is 0.457. The molecule has 0 spiro atoms. The Balaban J connectivity index is 0.00000119. The lowest BCUT2D eigenvalue weighted by Gasteiger charge is -2.30. The number of aryl methyl sites for hydroxylation is 1. The molecule has 3 heterocycles. The van der Waals surface area contributed by atoms with Gasteiger partial charge in [0.25, 0.3) is 0 Å². The Morgan fingerprint density at radius 3 is 2.62 bits per heavy atom. The minimum atomic E-state index is -1.08. The van der Waals surface area contributed by atoms with E-state index in [2.05, 4.69) is 10.3 Å². The first-order valence-electron chi connectivity index (χ1n) is 11.1. The third-order valence-electron chi connectivity index (χ3n) is 5.70. The zero-order chi connectivity index (χ0) is 22.8. The third-order valence-corrected chi connectivity index (χ3v) is 6.79. The van der Waals surface area contributed by atoms with E-state index < -0.39 is 5.97 Å². The van der Waals surface area contributed by atoms with E-state index >= 15 is 0 Å². The highest BCUT2D eigenvalue weighted by Crippen LogP contribution is 2.46. The number of carbonyl (C=O) groups excluding carboxylic acids is 1. The molecule has 3 aromatic rings. The number of amides is 2. The number of aromatic carboxylic acids is 1. The molecule has 0 bridgehead atoms. The van der Waals surface area contributed by atoms with Crippen molar-refractivity contribution in [1.29, 1.82) is 0 Å². The maximum Gasteiger partial charge on any atom is 0.348 e. The normalized spacial score (nSPS) is 15.7. The summed E-state index contributed by atoms with van der Waals surface area (Å²) < 4.78 is 6.16. The van der Waals surface area contributed by atoms with Crippen LogP contribution in [0.3, 0.4) is 0 Å². The van der Waals surface area contributed by atoms with Crippen LogP contribution in [-0.4, -0.2) is 28.2 Å². The fraction of sp³-hybridized carbons (Fsp3) is 0.375. The Kier molecular flexibility index (Phi) is 6.32. The maximum atomic E-state index is 13.0. The number of nitrogens with zero attached hydrogens (tertiary/aromatic N) is 2. The first-order chi connectivity index (χ1) is 15.5. The molecule has 1 fully saturated rings. The van der Waals surface area contributed by atoms with Crippen molar-refractivity contribution in [2.24, 2.45) is 0 Å². The predicted molar refractivity (Wildman–Crippen MR) is 128 cm³/mol. The van der Waals surface area contributed by atoms with Gasteiger partial charge in [0.2, 0.25) is 0 Å². The van der Waals surface area contributed by atoms with Gasteiger partial charge in [-0.3, -0.25) is 4.90 Å². The zero-order valence-electron chi connectivity index (χ0n) is 18.5. The Morgan fingerprint density at radius 2 is 1.94 bits per heavy atom. The summed E-state index contributed by atoms with van der Waals surface area (Å²) in [5, 5.41) is 12.9. The number of hydrogen-bond donors (Lipinski definition) is 2. The summed E-state index contributed by atoms with van der Waals surface area (Å²) in [6.45, 7) is 5.94. The van der Waals surface area contributed by atoms with Gasteiger partial charge in [0.05, 0.1) is 28.6 Å². The Bertz CT molecular complexity index is 1170. The van der Waals surface area contributed by atoms with E-state index in [0.29, 0.717) is 21.6 Å². The number of carboxylic acid groups (broad SMARTS) is 1. The van der Waals surface area contributed by atoms with Crippen LogP contribution in [0, 0.1) is 6.92 Å². The van der Waals surface area contributed by atoms with E-state index in [4.69, 9.17) is 4.74 Å². The SMILES string of the molecule is CC.Cc1cc(OC2CCCCC2)ccc1N1C(=O)Nc2c(C(=O)O)sc3nccc1c23. The molecule has 0 atom stereocenters. The van der Waals surface area contributed by atoms with Gasteiger partial charge in [-0.15, -0.1) is 11.3 Å². The molecule has 2 aromatic heterocycles. The number of pyridine rings is 1. The molecule has 0 radical (unpaired) electrons. The summed E-state index contributed by atoms with van der Waals surface area (Å²) in [5.41, 5.74) is 2.58. The van der Waals surface area contributed by atoms with Gasteiger partial charge in [0.1, 0.15) is 15.5 Å². The van der Waals surface area contributed by atoms with Crippen LogP contribution in [0.1, 0.15) is 61.2 Å². The van der Waals surface area contributed by atoms with E-state index in [0.717, 1.165) is 41.2 Å². The number of ether oxygens (including phenoxy) is 1. The molecule has 7 nitrogen and oxygen atoms in total. The monoisotopic (exact) mass is 453 g/mol. The lowest BCUT2D eigenvalue weighted by Crippen LogP contribution is -2.34. The minimum Gasteiger partial charge on any atom is -0.490 e. The lowest BCUT2D eigenvalue weighted by molar-refractivity contribution is 0.0703. The minimum absolute atomic E-state index is 0.0888. The molecule has 2 amide bonds. The van der Waals surface area contributed by atoms with E-state index in [1.54, 1.807) is 17.2 Å². The number of hydrogen-bond acceptors (Lipinski definition) is 5. The summed E-state index contributed by atoms with van der Waals surface area (Å²) in [4.78, 5) is 31.2. The zero-order valence-corrected chi connectivity index (χ0v) is 19.3. The van der Waals surface area contributed by atoms with Crippen molar-refractivity contribution in [2.75, 3.05) is 10.2 Å². The largest absolute Gasteiger partial charge is 0.490 e. The van der Waals surface area contributed by atoms with Crippen LogP contribution in [0.15, 0.2) is 30.5 Å². The van der Waals surface area contributed by atoms with Crippen LogP contribution < -0.4 is 15.0 Å². The Morgan fingerprint density at radius 1 is 1.19 bits per heavy atom. The highest BCUT2D eigenvalue weighted by molar-refractivity contribution is 7.21. The molecule has 1 aliphatic carbocycles. The number of carboxylic acids is 1. The highest BCUT2D eigenvalue weighted by Gasteiger charge is 2.33. The van der Waals surface area contributed by atoms with E-state index in [1.807, 2.05) is 39.0 Å². The number of benzene rings is 1. The van der Waals surface area contributed by atoms with Crippen molar-refractivity contribution >= 4 is 50.6 Å². The molecule has 2 N–H and O–H groups in total. The average Bonchev–Trinajstić information content (AvgIpc) is 3.17. The number of rotatable bonds is 4. The van der Waals surface area contributed by atoms with Crippen molar-refractivity contribution in [3.63, 3.8) is 0 Å². The molecule has 1 saturated carbocycles. The van der Waals surface area contributed by atoms with Gasteiger partial charge in [-0.2, -0.15) is 0 Å². The number of urea groups is 1. The van der Waals surface area contributed by atoms with Gasteiger partial charge in [0.15, 0.2) is 0 Å². The van der Waals surface area contributed by atoms with Crippen LogP contribution in [0.4, 0.5) is 21.9 Å². The summed E-state index contributed by atoms with van der Waals surface area (Å²) in [6, 6.07) is 7.10. The van der Waals surface area contributed by atoms with Gasteiger partial charge in [-0.25, -0.2) is 14.6 Å². The second-order valence-corrected chi connectivity index (χ2v) is 8.71. The van der Waals surface area contributed by atoms with Crippen molar-refractivity contribution in [1.82, 2.24) is 4.98 Å². The van der Waals surface area contributed by atoms with Crippen LogP contribution >= 0.6 is 11.3 Å². The molecule has 0 unspecified atom stereocenters. The molecule has 168 valence electrons. The fourth-order valence-corrected chi connectivity index (χ4v) is 5.26. The maximum absolute atomic E-state index is 13.0. The Hall–Kier alpha value is -3.13. The predicted octanol–water partition coefficient (Wildman–Crippen LogP) is 6.72. The molecule has 1 aliphatic heterocycles. The van der Waals surface area contributed by atoms with Crippen LogP contribution in [0.5, 0.6) is 5.75 Å². The summed E-state index contributed by atoms with van der Waals surface area (Å²) in [7, 11) is 0. The summed E-state index contributed by atoms with van der Waals surface area (Å²) in [6.07, 6.45) is 7.70. The summed E-state index contributed by atoms with van der Waals surface area (Å²) in [5.74, 6) is -0.266. The van der Waals surface area contributed by atoms with E-state index in [1.165, 1.54) is 19.3 Å². The smallest absolute Gasteiger partial charge is 0.348 e. The molecular formula is C24H27N3O4S. The number of carbonyl (C=O) groups is 2. The number of thiophene rings is 1. The molecule has 0 saturated heterocycles. The number of anilines is 3. The topological polar surface area (TPSA) is 91.8 Å². The van der Waals surface area contributed by atoms with Gasteiger partial charge < -0.3 is 15.2 Å². The molecule has 5 rings (SSSR count). The van der Waals surface area contributed by atoms with E-state index in [-0.39, 0.29) is 17.0 Å². The van der Waals surface area contributed by atoms with Crippen molar-refractivity contribution in [3.05, 3.63) is 40.9 Å². The molecular weight excluding hydrogens is 426 g/mol. The fourth-order valence-electron chi connectivity index (χ4n) is 4.30. The van der Waals surface area contributed by atoms with Crippen LogP contribution in [-0.2, 0) is 0 Å². The summed E-state index contributed by atoms with van der Waals surface area (Å²) >= 11 is 1.06. The number of aromatic nitrogens is 1. The van der Waals surface area contributed by atoms with Crippen molar-refractivity contribution in [2.45, 2.75) is 59.0 Å². The average molecular weight is 454 g/mol. The first kappa shape index (κ1) is 22.1. The first-order valence-corrected chi connectivity index (χ1v) is 11.9. The molecule has 32 heavy (non-hydrogen) atoms. The molecule has 8 heteroatoms. The second kappa shape index (κ2) is 9.16. The van der Waals surface area contributed by atoms with Crippen LogP contribution in [0.25, 0.3) is 10.2 Å².